The van der Waals surface area contributed by atoms with Crippen LogP contribution < -0.4 is 16.1 Å². The summed E-state index contributed by atoms with van der Waals surface area (Å²) in [5.74, 6) is -4.95. The molecule has 0 unspecified atom stereocenters. The number of nitrogens with one attached hydrogen (secondary N) is 1. The Balaban J connectivity index is 2.15. The second kappa shape index (κ2) is 10.4. The van der Waals surface area contributed by atoms with Gasteiger partial charge in [0.05, 0.1) is 22.4 Å². The van der Waals surface area contributed by atoms with E-state index in [4.69, 9.17) is 9.83 Å². The number of hydrogen-bond acceptors (Lipinski definition) is 10. The number of anilines is 1. The Morgan fingerprint density at radius 1 is 0.848 bits per heavy atom. The van der Waals surface area contributed by atoms with Crippen molar-refractivity contribution in [2.24, 2.45) is 0 Å². The molecule has 0 aromatic heterocycles. The molecule has 2 aromatic rings. The van der Waals surface area contributed by atoms with Gasteiger partial charge in [-0.15, -0.1) is 0 Å². The summed E-state index contributed by atoms with van der Waals surface area (Å²) in [7, 11) is -15.4. The third-order valence-corrected chi connectivity index (χ3v) is 9.59. The minimum Gasteiger partial charge on any atom is -0.478 e. The highest BCUT2D eigenvalue weighted by atomic mass is 32.2. The monoisotopic (exact) mass is 695 g/mol. The first kappa shape index (κ1) is 32.7. The molecular weight excluding hydrogens is 672 g/mol. The third-order valence-electron chi connectivity index (χ3n) is 7.07. The van der Waals surface area contributed by atoms with E-state index < -0.39 is 96.9 Å². The molecule has 3 aliphatic rings. The van der Waals surface area contributed by atoms with Crippen LogP contribution in [0.3, 0.4) is 0 Å². The fourth-order valence-corrected chi connectivity index (χ4v) is 7.68. The molecule has 0 saturated heterocycles. The molecule has 0 radical (unpaired) electrons. The molecule has 242 valence electrons. The van der Waals surface area contributed by atoms with Crippen LogP contribution in [0.25, 0.3) is 39.0 Å². The number of rotatable bonds is 7. The first-order chi connectivity index (χ1) is 21.0. The lowest BCUT2D eigenvalue weighted by molar-refractivity contribution is -0.176. The molecule has 0 amide bonds. The normalized spacial score (nSPS) is 14.8. The van der Waals surface area contributed by atoms with Crippen LogP contribution in [0.4, 0.5) is 5.69 Å². The van der Waals surface area contributed by atoms with Gasteiger partial charge in [0.15, 0.2) is 16.2 Å². The third kappa shape index (κ3) is 5.74. The molecule has 2 aromatic carbocycles. The van der Waals surface area contributed by atoms with E-state index in [1.54, 1.807) is 0 Å². The Kier molecular flexibility index (Phi) is 7.43. The lowest BCUT2D eigenvalue weighted by Gasteiger charge is -2.33. The van der Waals surface area contributed by atoms with Crippen molar-refractivity contribution in [3.05, 3.63) is 64.5 Å². The minimum atomic E-state index is -5.39. The van der Waals surface area contributed by atoms with E-state index in [-0.39, 0.29) is 33.2 Å². The molecule has 0 bridgehead atoms. The number of carboxylic acid groups (broad SMARTS) is 2. The fraction of sp³-hybridized carbons (Fsp3) is 0.148. The Morgan fingerprint density at radius 3 is 2.00 bits per heavy atom. The maximum atomic E-state index is 13.1. The number of fused-ring (bicyclic) bond motifs is 3. The van der Waals surface area contributed by atoms with Gasteiger partial charge in [-0.3, -0.25) is 19.1 Å². The van der Waals surface area contributed by atoms with Crippen LogP contribution >= 0.6 is 0 Å². The number of hydrogen-bond donors (Lipinski definition) is 7. The minimum absolute atomic E-state index is 0.144. The van der Waals surface area contributed by atoms with E-state index in [0.717, 1.165) is 36.4 Å². The van der Waals surface area contributed by atoms with E-state index >= 15 is 0 Å². The van der Waals surface area contributed by atoms with Crippen LogP contribution in [-0.2, 0) is 30.4 Å². The average Bonchev–Trinajstić information content (AvgIpc) is 2.87. The second-order valence-corrected chi connectivity index (χ2v) is 15.1. The molecule has 8 N–H and O–H groups in total. The van der Waals surface area contributed by atoms with Gasteiger partial charge in [0.2, 0.25) is 10.3 Å². The van der Waals surface area contributed by atoms with Gasteiger partial charge in [-0.2, -0.15) is 25.3 Å². The summed E-state index contributed by atoms with van der Waals surface area (Å²) in [4.78, 5) is 22.0. The standard InChI is InChI=1S/C27H22N2O14S3/c1-27(2)9-12(10-44(34,35)36)15-8-17-19(13-4-3-11(25(30)31)7-16(13)26(32)33)14-5-6-18(28)23(45(37,38)39)21(14)43-22(17)24(20(15)29-27)46(40,41)42/h3-9,28-29H,10H2,1-2H3,(H,30,31)(H,32,33)(H,34,35,36)(H,37,38,39)(H,40,41,42)/p+1. The van der Waals surface area contributed by atoms with E-state index in [9.17, 15) is 58.7 Å². The molecule has 0 spiro atoms. The lowest BCUT2D eigenvalue weighted by atomic mass is 9.86. The Hall–Kier alpha value is -4.66. The van der Waals surface area contributed by atoms with E-state index in [1.165, 1.54) is 19.9 Å². The first-order valence-electron chi connectivity index (χ1n) is 12.7. The van der Waals surface area contributed by atoms with Crippen molar-refractivity contribution in [2.45, 2.75) is 29.2 Å². The summed E-state index contributed by atoms with van der Waals surface area (Å²) < 4.78 is 111. The zero-order valence-corrected chi connectivity index (χ0v) is 25.9. The van der Waals surface area contributed by atoms with Crippen molar-refractivity contribution in [1.29, 1.82) is 0 Å². The number of carbonyl (C=O) groups is 2. The maximum absolute atomic E-state index is 13.1. The van der Waals surface area contributed by atoms with Gasteiger partial charge < -0.3 is 19.9 Å². The number of benzene rings is 3. The van der Waals surface area contributed by atoms with Gasteiger partial charge in [0.25, 0.3) is 20.2 Å². The van der Waals surface area contributed by atoms with Crippen LogP contribution in [-0.4, -0.2) is 72.4 Å². The Morgan fingerprint density at radius 2 is 1.46 bits per heavy atom. The summed E-state index contributed by atoms with van der Waals surface area (Å²) in [6, 6.07) is 6.21. The topological polar surface area (TPSA) is 288 Å². The number of carboxylic acids is 2. The summed E-state index contributed by atoms with van der Waals surface area (Å²) in [5.41, 5.74) is -4.75. The van der Waals surface area contributed by atoms with Crippen LogP contribution in [0.1, 0.15) is 40.1 Å². The lowest BCUT2D eigenvalue weighted by Crippen LogP contribution is -2.47. The summed E-state index contributed by atoms with van der Waals surface area (Å²) in [5, 5.41) is 27.4. The molecule has 16 nitrogen and oxygen atoms in total. The molecular formula is C27H23N2O14S3+. The predicted molar refractivity (Wildman–Crippen MR) is 159 cm³/mol. The van der Waals surface area contributed by atoms with Gasteiger partial charge in [-0.05, 0) is 49.2 Å². The summed E-state index contributed by atoms with van der Waals surface area (Å²) >= 11 is 0. The van der Waals surface area contributed by atoms with Crippen molar-refractivity contribution in [3.8, 4) is 22.5 Å². The van der Waals surface area contributed by atoms with Crippen molar-refractivity contribution < 1.29 is 68.5 Å². The maximum Gasteiger partial charge on any atom is 0.336 e. The van der Waals surface area contributed by atoms with Crippen molar-refractivity contribution >= 4 is 64.5 Å². The molecule has 0 saturated carbocycles. The zero-order chi connectivity index (χ0) is 34.3. The zero-order valence-electron chi connectivity index (χ0n) is 23.5. The molecule has 2 aliphatic heterocycles. The molecule has 0 fully saturated rings. The molecule has 2 heterocycles. The van der Waals surface area contributed by atoms with Crippen molar-refractivity contribution in [3.63, 3.8) is 0 Å². The van der Waals surface area contributed by atoms with Crippen molar-refractivity contribution in [2.75, 3.05) is 11.1 Å². The van der Waals surface area contributed by atoms with Gasteiger partial charge in [-0.25, -0.2) is 9.59 Å². The van der Waals surface area contributed by atoms with E-state index in [2.05, 4.69) is 5.32 Å². The molecule has 46 heavy (non-hydrogen) atoms. The quantitative estimate of drug-likeness (QED) is 0.106. The number of nitrogens with two attached hydrogens (primary N) is 1. The Bertz CT molecular complexity index is 2440. The summed E-state index contributed by atoms with van der Waals surface area (Å²) in [6.07, 6.45) is 1.36. The van der Waals surface area contributed by atoms with Crippen LogP contribution in [0.15, 0.2) is 56.7 Å². The first-order valence-corrected chi connectivity index (χ1v) is 17.2. The van der Waals surface area contributed by atoms with Crippen molar-refractivity contribution in [1.82, 2.24) is 0 Å². The molecule has 5 rings (SSSR count). The van der Waals surface area contributed by atoms with Crippen LogP contribution in [0.5, 0.6) is 0 Å². The van der Waals surface area contributed by atoms with E-state index in [0.29, 0.717) is 0 Å². The highest BCUT2D eigenvalue weighted by molar-refractivity contribution is 7.86. The molecule has 1 aliphatic carbocycles. The van der Waals surface area contributed by atoms with Crippen LogP contribution in [0, 0.1) is 0 Å². The largest absolute Gasteiger partial charge is 0.478 e. The average molecular weight is 696 g/mol. The van der Waals surface area contributed by atoms with Gasteiger partial charge in [0, 0.05) is 28.1 Å². The Labute approximate surface area is 259 Å². The smallest absolute Gasteiger partial charge is 0.336 e. The molecule has 0 atom stereocenters. The molecule has 19 heteroatoms. The van der Waals surface area contributed by atoms with Gasteiger partial charge in [0.1, 0.15) is 5.75 Å². The van der Waals surface area contributed by atoms with E-state index in [1.807, 2.05) is 0 Å². The van der Waals surface area contributed by atoms with Crippen LogP contribution in [0.2, 0.25) is 0 Å². The van der Waals surface area contributed by atoms with Gasteiger partial charge >= 0.3 is 22.1 Å². The van der Waals surface area contributed by atoms with Gasteiger partial charge in [-0.1, -0.05) is 12.1 Å². The SMILES string of the molecule is CC1(C)C=C(CS(=O)(=O)O)c2cc3c(-c4ccc(C(=O)O)cc4C(=O)O)c4ccc(=[NH2+])c(S(=O)(=O)O)c-4oc3c(S(=O)(=O)O)c2N1. The number of aromatic carboxylic acids is 2. The highest BCUT2D eigenvalue weighted by Crippen LogP contribution is 2.49. The summed E-state index contributed by atoms with van der Waals surface area (Å²) in [6.45, 7) is 3.00. The highest BCUT2D eigenvalue weighted by Gasteiger charge is 2.37. The predicted octanol–water partition coefficient (Wildman–Crippen LogP) is 1.23. The fourth-order valence-electron chi connectivity index (χ4n) is 5.49. The second-order valence-electron chi connectivity index (χ2n) is 10.9.